The first kappa shape index (κ1) is 18.9. The van der Waals surface area contributed by atoms with E-state index in [1.165, 1.54) is 24.8 Å². The first-order chi connectivity index (χ1) is 10.5. The summed E-state index contributed by atoms with van der Waals surface area (Å²) >= 11 is 0. The van der Waals surface area contributed by atoms with Gasteiger partial charge in [0.15, 0.2) is 0 Å². The van der Waals surface area contributed by atoms with Gasteiger partial charge in [-0.05, 0) is 18.4 Å². The van der Waals surface area contributed by atoms with Crippen LogP contribution in [0.3, 0.4) is 0 Å². The standard InChI is InChI=1S/C20H32OSi/c1-5-6-7-8-9-13-17-21-20(16-18-22(2,3)4)19-14-11-10-12-15-19/h9-16,18,20H,5-8,17H2,1-4H3/b13-9+,18-16+/t20-/m0/s1. The molecule has 0 aliphatic heterocycles. The fourth-order valence-corrected chi connectivity index (χ4v) is 2.89. The predicted molar refractivity (Wildman–Crippen MR) is 101 cm³/mol. The van der Waals surface area contributed by atoms with Crippen molar-refractivity contribution in [3.63, 3.8) is 0 Å². The third-order valence-corrected chi connectivity index (χ3v) is 4.60. The molecule has 0 heterocycles. The molecule has 22 heavy (non-hydrogen) atoms. The molecule has 2 heteroatoms. The predicted octanol–water partition coefficient (Wildman–Crippen LogP) is 6.31. The van der Waals surface area contributed by atoms with Crippen molar-refractivity contribution in [3.8, 4) is 0 Å². The summed E-state index contributed by atoms with van der Waals surface area (Å²) in [5.74, 6) is 0. The lowest BCUT2D eigenvalue weighted by molar-refractivity contribution is 0.110. The number of unbranched alkanes of at least 4 members (excludes halogenated alkanes) is 3. The van der Waals surface area contributed by atoms with Gasteiger partial charge in [-0.3, -0.25) is 0 Å². The van der Waals surface area contributed by atoms with Gasteiger partial charge in [0.05, 0.1) is 14.7 Å². The molecule has 1 aromatic carbocycles. The minimum Gasteiger partial charge on any atom is -0.365 e. The fraction of sp³-hybridized carbons (Fsp3) is 0.500. The van der Waals surface area contributed by atoms with E-state index in [9.17, 15) is 0 Å². The topological polar surface area (TPSA) is 9.23 Å². The van der Waals surface area contributed by atoms with Crippen LogP contribution in [0.5, 0.6) is 0 Å². The van der Waals surface area contributed by atoms with Crippen molar-refractivity contribution >= 4 is 8.07 Å². The van der Waals surface area contributed by atoms with E-state index < -0.39 is 8.07 Å². The smallest absolute Gasteiger partial charge is 0.101 e. The molecule has 0 N–H and O–H groups in total. The highest BCUT2D eigenvalue weighted by Crippen LogP contribution is 2.20. The molecule has 1 rings (SSSR count). The molecule has 1 nitrogen and oxygen atoms in total. The second-order valence-corrected chi connectivity index (χ2v) is 11.9. The van der Waals surface area contributed by atoms with E-state index in [0.29, 0.717) is 6.61 Å². The third-order valence-electron chi connectivity index (χ3n) is 3.41. The quantitative estimate of drug-likeness (QED) is 0.279. The molecular weight excluding hydrogens is 284 g/mol. The zero-order valence-corrected chi connectivity index (χ0v) is 15.7. The van der Waals surface area contributed by atoms with Crippen LogP contribution in [0.2, 0.25) is 19.6 Å². The van der Waals surface area contributed by atoms with Gasteiger partial charge in [0.2, 0.25) is 0 Å². The highest BCUT2D eigenvalue weighted by atomic mass is 28.3. The summed E-state index contributed by atoms with van der Waals surface area (Å²) < 4.78 is 6.08. The summed E-state index contributed by atoms with van der Waals surface area (Å²) in [6.45, 7) is 9.96. The molecule has 0 saturated heterocycles. The third kappa shape index (κ3) is 9.01. The van der Waals surface area contributed by atoms with E-state index in [1.807, 2.05) is 0 Å². The largest absolute Gasteiger partial charge is 0.365 e. The van der Waals surface area contributed by atoms with Gasteiger partial charge in [0, 0.05) is 0 Å². The Hall–Kier alpha value is -1.12. The summed E-state index contributed by atoms with van der Waals surface area (Å²) in [5.41, 5.74) is 3.60. The fourth-order valence-electron chi connectivity index (χ4n) is 2.14. The normalized spacial score (nSPS) is 14.0. The molecule has 0 bridgehead atoms. The Kier molecular flexibility index (Phi) is 9.10. The number of allylic oxidation sites excluding steroid dienone is 1. The Labute approximate surface area is 138 Å². The van der Waals surface area contributed by atoms with Gasteiger partial charge < -0.3 is 4.74 Å². The lowest BCUT2D eigenvalue weighted by atomic mass is 10.1. The molecule has 0 aliphatic carbocycles. The van der Waals surface area contributed by atoms with E-state index in [1.54, 1.807) is 0 Å². The van der Waals surface area contributed by atoms with Crippen LogP contribution in [-0.2, 0) is 4.74 Å². The monoisotopic (exact) mass is 316 g/mol. The van der Waals surface area contributed by atoms with Gasteiger partial charge in [0.1, 0.15) is 6.10 Å². The molecule has 1 aromatic rings. The van der Waals surface area contributed by atoms with Crippen LogP contribution in [0, 0.1) is 0 Å². The van der Waals surface area contributed by atoms with E-state index in [4.69, 9.17) is 4.74 Å². The Bertz CT molecular complexity index is 443. The van der Waals surface area contributed by atoms with Crippen LogP contribution in [-0.4, -0.2) is 14.7 Å². The minimum atomic E-state index is -1.20. The Morgan fingerprint density at radius 2 is 1.77 bits per heavy atom. The SMILES string of the molecule is CCCCC/C=C/CO[C@@H](/C=C/[Si](C)(C)C)c1ccccc1. The van der Waals surface area contributed by atoms with Crippen molar-refractivity contribution in [1.82, 2.24) is 0 Å². The number of rotatable bonds is 10. The van der Waals surface area contributed by atoms with Gasteiger partial charge in [0.25, 0.3) is 0 Å². The van der Waals surface area contributed by atoms with Crippen molar-refractivity contribution in [2.75, 3.05) is 6.61 Å². The van der Waals surface area contributed by atoms with Crippen LogP contribution < -0.4 is 0 Å². The maximum atomic E-state index is 6.08. The van der Waals surface area contributed by atoms with Crippen molar-refractivity contribution in [2.45, 2.75) is 58.4 Å². The highest BCUT2D eigenvalue weighted by Gasteiger charge is 2.11. The molecule has 122 valence electrons. The van der Waals surface area contributed by atoms with Gasteiger partial charge in [-0.25, -0.2) is 0 Å². The molecule has 0 unspecified atom stereocenters. The minimum absolute atomic E-state index is 0.0632. The zero-order valence-electron chi connectivity index (χ0n) is 14.7. The maximum absolute atomic E-state index is 6.08. The summed E-state index contributed by atoms with van der Waals surface area (Å²) in [4.78, 5) is 0. The molecule has 0 spiro atoms. The lowest BCUT2D eigenvalue weighted by Crippen LogP contribution is -2.16. The van der Waals surface area contributed by atoms with Crippen LogP contribution in [0.15, 0.2) is 54.3 Å². The molecule has 0 fully saturated rings. The van der Waals surface area contributed by atoms with Crippen molar-refractivity contribution in [1.29, 1.82) is 0 Å². The molecular formula is C20H32OSi. The maximum Gasteiger partial charge on any atom is 0.101 e. The van der Waals surface area contributed by atoms with Crippen LogP contribution in [0.1, 0.15) is 44.3 Å². The lowest BCUT2D eigenvalue weighted by Gasteiger charge is -2.16. The van der Waals surface area contributed by atoms with E-state index >= 15 is 0 Å². The van der Waals surface area contributed by atoms with Gasteiger partial charge in [-0.15, -0.1) is 0 Å². The Balaban J connectivity index is 2.54. The number of ether oxygens (including phenoxy) is 1. The second kappa shape index (κ2) is 10.6. The zero-order chi connectivity index (χ0) is 16.3. The van der Waals surface area contributed by atoms with Crippen molar-refractivity contribution < 1.29 is 4.74 Å². The average molecular weight is 317 g/mol. The molecule has 0 amide bonds. The van der Waals surface area contributed by atoms with Crippen LogP contribution >= 0.6 is 0 Å². The summed E-state index contributed by atoms with van der Waals surface area (Å²) in [6.07, 6.45) is 11.8. The van der Waals surface area contributed by atoms with Gasteiger partial charge in [-0.2, -0.15) is 0 Å². The van der Waals surface area contributed by atoms with Crippen molar-refractivity contribution in [3.05, 3.63) is 59.8 Å². The van der Waals surface area contributed by atoms with E-state index in [2.05, 4.69) is 80.8 Å². The van der Waals surface area contributed by atoms with Crippen LogP contribution in [0.25, 0.3) is 0 Å². The Morgan fingerprint density at radius 1 is 1.05 bits per heavy atom. The number of benzene rings is 1. The molecule has 0 saturated carbocycles. The highest BCUT2D eigenvalue weighted by molar-refractivity contribution is 6.80. The molecule has 0 radical (unpaired) electrons. The number of hydrogen-bond acceptors (Lipinski definition) is 1. The van der Waals surface area contributed by atoms with Gasteiger partial charge >= 0.3 is 0 Å². The Morgan fingerprint density at radius 3 is 2.41 bits per heavy atom. The average Bonchev–Trinajstić information content (AvgIpc) is 2.49. The molecule has 0 aliphatic rings. The van der Waals surface area contributed by atoms with E-state index in [-0.39, 0.29) is 6.10 Å². The first-order valence-electron chi connectivity index (χ1n) is 8.54. The van der Waals surface area contributed by atoms with E-state index in [0.717, 1.165) is 6.42 Å². The summed E-state index contributed by atoms with van der Waals surface area (Å²) in [6, 6.07) is 10.5. The molecule has 1 atom stereocenters. The molecule has 0 aromatic heterocycles. The number of hydrogen-bond donors (Lipinski definition) is 0. The summed E-state index contributed by atoms with van der Waals surface area (Å²) in [5, 5.41) is 0. The summed E-state index contributed by atoms with van der Waals surface area (Å²) in [7, 11) is -1.20. The van der Waals surface area contributed by atoms with Crippen molar-refractivity contribution in [2.24, 2.45) is 0 Å². The van der Waals surface area contributed by atoms with Crippen LogP contribution in [0.4, 0.5) is 0 Å². The first-order valence-corrected chi connectivity index (χ1v) is 12.1. The van der Waals surface area contributed by atoms with Gasteiger partial charge in [-0.1, -0.05) is 93.7 Å². The second-order valence-electron chi connectivity index (χ2n) is 6.86.